The number of carbonyl (C=O) groups is 1. The summed E-state index contributed by atoms with van der Waals surface area (Å²) >= 11 is 0. The molecule has 1 fully saturated rings. The number of hydrogen-bond donors (Lipinski definition) is 1. The third-order valence-corrected chi connectivity index (χ3v) is 2.88. The largest absolute Gasteiger partial charge is 0.302 e. The zero-order chi connectivity index (χ0) is 7.78. The molecule has 0 atom stereocenters. The van der Waals surface area contributed by atoms with Crippen LogP contribution in [-0.4, -0.2) is 31.4 Å². The number of carbonyl (C=O) groups excluding carboxylic acids is 1. The molecule has 1 aliphatic rings. The Kier molecular flexibility index (Phi) is 1.60. The molecule has 1 aliphatic heterocycles. The van der Waals surface area contributed by atoms with Crippen molar-refractivity contribution in [2.75, 3.05) is 11.5 Å². The van der Waals surface area contributed by atoms with Gasteiger partial charge < -0.3 is 5.41 Å². The summed E-state index contributed by atoms with van der Waals surface area (Å²) in [6.07, 6.45) is 0.0845. The number of nitrogens with one attached hydrogen (secondary N) is 1. The maximum Gasteiger partial charge on any atom is 0.191 e. The molecule has 0 spiro atoms. The normalized spacial score (nSPS) is 24.8. The predicted octanol–water partition coefficient (Wildman–Crippen LogP) is -0.606. The van der Waals surface area contributed by atoms with Gasteiger partial charge in [0.2, 0.25) is 0 Å². The summed E-state index contributed by atoms with van der Waals surface area (Å²) in [5.74, 6) is -1.06. The molecule has 4 nitrogen and oxygen atoms in total. The maximum absolute atomic E-state index is 10.7. The Morgan fingerprint density at radius 2 is 2.00 bits per heavy atom. The third-order valence-electron chi connectivity index (χ3n) is 1.35. The van der Waals surface area contributed by atoms with Gasteiger partial charge in [0.25, 0.3) is 0 Å². The molecule has 0 aromatic heterocycles. The summed E-state index contributed by atoms with van der Waals surface area (Å²) in [7, 11) is -3.16. The van der Waals surface area contributed by atoms with Crippen LogP contribution < -0.4 is 0 Å². The first-order valence-corrected chi connectivity index (χ1v) is 4.64. The summed E-state index contributed by atoms with van der Waals surface area (Å²) in [6.45, 7) is 0. The SMILES string of the molecule is N=C1CCS(=O)(=O)CC1=O. The molecule has 0 amide bonds. The van der Waals surface area contributed by atoms with Crippen molar-refractivity contribution < 1.29 is 13.2 Å². The molecule has 0 saturated carbocycles. The van der Waals surface area contributed by atoms with Gasteiger partial charge in [-0.05, 0) is 0 Å². The average Bonchev–Trinajstić information content (AvgIpc) is 1.79. The van der Waals surface area contributed by atoms with E-state index in [9.17, 15) is 13.2 Å². The van der Waals surface area contributed by atoms with E-state index < -0.39 is 21.4 Å². The number of hydrogen-bond acceptors (Lipinski definition) is 4. The van der Waals surface area contributed by atoms with Crippen molar-refractivity contribution in [3.05, 3.63) is 0 Å². The van der Waals surface area contributed by atoms with Crippen molar-refractivity contribution in [2.45, 2.75) is 6.42 Å². The highest BCUT2D eigenvalue weighted by Gasteiger charge is 2.26. The van der Waals surface area contributed by atoms with Crippen LogP contribution in [0.1, 0.15) is 6.42 Å². The Hall–Kier alpha value is -0.710. The molecule has 56 valence electrons. The molecule has 10 heavy (non-hydrogen) atoms. The fourth-order valence-corrected chi connectivity index (χ4v) is 1.99. The molecule has 1 rings (SSSR count). The van der Waals surface area contributed by atoms with Gasteiger partial charge in [-0.2, -0.15) is 0 Å². The molecular formula is C5H7NO3S. The lowest BCUT2D eigenvalue weighted by Gasteiger charge is -2.09. The van der Waals surface area contributed by atoms with Crippen LogP contribution in [0.4, 0.5) is 0 Å². The quantitative estimate of drug-likeness (QED) is 0.515. The van der Waals surface area contributed by atoms with Gasteiger partial charge in [-0.3, -0.25) is 4.79 Å². The Bertz CT molecular complexity index is 277. The lowest BCUT2D eigenvalue weighted by atomic mass is 10.2. The molecule has 0 aromatic rings. The second-order valence-corrected chi connectivity index (χ2v) is 4.43. The zero-order valence-corrected chi connectivity index (χ0v) is 6.07. The number of Topliss-reactive ketones (excluding diaryl/α,β-unsaturated/α-hetero) is 1. The topological polar surface area (TPSA) is 75.1 Å². The van der Waals surface area contributed by atoms with Crippen LogP contribution in [0.5, 0.6) is 0 Å². The highest BCUT2D eigenvalue weighted by Crippen LogP contribution is 2.04. The van der Waals surface area contributed by atoms with Gasteiger partial charge in [-0.1, -0.05) is 0 Å². The lowest BCUT2D eigenvalue weighted by molar-refractivity contribution is -0.111. The van der Waals surface area contributed by atoms with E-state index in [1.807, 2.05) is 0 Å². The monoisotopic (exact) mass is 161 g/mol. The minimum atomic E-state index is -3.16. The van der Waals surface area contributed by atoms with E-state index in [1.54, 1.807) is 0 Å². The van der Waals surface area contributed by atoms with Crippen LogP contribution in [0.3, 0.4) is 0 Å². The minimum absolute atomic E-state index is 0.0441. The van der Waals surface area contributed by atoms with E-state index in [0.29, 0.717) is 0 Å². The summed E-state index contributed by atoms with van der Waals surface area (Å²) in [5, 5.41) is 6.96. The number of ketones is 1. The summed E-state index contributed by atoms with van der Waals surface area (Å²) in [5.41, 5.74) is -0.0603. The Morgan fingerprint density at radius 3 is 2.40 bits per heavy atom. The molecule has 1 saturated heterocycles. The number of rotatable bonds is 0. The first kappa shape index (κ1) is 7.40. The standard InChI is InChI=1S/C5H7NO3S/c6-4-1-2-10(8,9)3-5(4)7/h6H,1-3H2. The van der Waals surface area contributed by atoms with Crippen molar-refractivity contribution in [3.63, 3.8) is 0 Å². The molecule has 0 bridgehead atoms. The van der Waals surface area contributed by atoms with Crippen LogP contribution in [0, 0.1) is 5.41 Å². The van der Waals surface area contributed by atoms with Gasteiger partial charge in [-0.25, -0.2) is 8.42 Å². The Morgan fingerprint density at radius 1 is 1.40 bits per heavy atom. The molecule has 5 heteroatoms. The van der Waals surface area contributed by atoms with Crippen LogP contribution in [0.2, 0.25) is 0 Å². The smallest absolute Gasteiger partial charge is 0.191 e. The molecule has 0 aromatic carbocycles. The van der Waals surface area contributed by atoms with Crippen LogP contribution in [0.25, 0.3) is 0 Å². The van der Waals surface area contributed by atoms with Gasteiger partial charge in [-0.15, -0.1) is 0 Å². The number of sulfone groups is 1. The fraction of sp³-hybridized carbons (Fsp3) is 0.600. The second kappa shape index (κ2) is 2.16. The summed E-state index contributed by atoms with van der Waals surface area (Å²) < 4.78 is 21.4. The van der Waals surface area contributed by atoms with E-state index in [1.165, 1.54) is 0 Å². The van der Waals surface area contributed by atoms with Gasteiger partial charge in [0.1, 0.15) is 5.75 Å². The molecule has 0 radical (unpaired) electrons. The highest BCUT2D eigenvalue weighted by atomic mass is 32.2. The van der Waals surface area contributed by atoms with Crippen molar-refractivity contribution >= 4 is 21.3 Å². The molecular weight excluding hydrogens is 154 g/mol. The molecule has 1 N–H and O–H groups in total. The second-order valence-electron chi connectivity index (χ2n) is 2.24. The van der Waals surface area contributed by atoms with E-state index in [0.717, 1.165) is 0 Å². The van der Waals surface area contributed by atoms with Gasteiger partial charge >= 0.3 is 0 Å². The maximum atomic E-state index is 10.7. The average molecular weight is 161 g/mol. The van der Waals surface area contributed by atoms with Crippen LogP contribution in [-0.2, 0) is 14.6 Å². The van der Waals surface area contributed by atoms with E-state index in [4.69, 9.17) is 5.41 Å². The highest BCUT2D eigenvalue weighted by molar-refractivity contribution is 7.92. The fourth-order valence-electron chi connectivity index (χ4n) is 0.756. The lowest BCUT2D eigenvalue weighted by Crippen LogP contribution is -2.32. The minimum Gasteiger partial charge on any atom is -0.302 e. The third kappa shape index (κ3) is 1.41. The van der Waals surface area contributed by atoms with Crippen LogP contribution >= 0.6 is 0 Å². The van der Waals surface area contributed by atoms with Crippen molar-refractivity contribution in [1.29, 1.82) is 5.41 Å². The molecule has 0 unspecified atom stereocenters. The van der Waals surface area contributed by atoms with Gasteiger partial charge in [0.15, 0.2) is 15.6 Å². The van der Waals surface area contributed by atoms with Crippen molar-refractivity contribution in [2.24, 2.45) is 0 Å². The molecule has 1 heterocycles. The molecule has 0 aliphatic carbocycles. The zero-order valence-electron chi connectivity index (χ0n) is 5.25. The van der Waals surface area contributed by atoms with Gasteiger partial charge in [0, 0.05) is 6.42 Å². The van der Waals surface area contributed by atoms with Crippen LogP contribution in [0.15, 0.2) is 0 Å². The first-order valence-electron chi connectivity index (χ1n) is 2.82. The van der Waals surface area contributed by atoms with Crippen molar-refractivity contribution in [3.8, 4) is 0 Å². The first-order chi connectivity index (χ1) is 4.51. The predicted molar refractivity (Wildman–Crippen MR) is 36.0 cm³/mol. The van der Waals surface area contributed by atoms with E-state index in [-0.39, 0.29) is 17.9 Å². The van der Waals surface area contributed by atoms with E-state index in [2.05, 4.69) is 0 Å². The van der Waals surface area contributed by atoms with E-state index >= 15 is 0 Å². The summed E-state index contributed by atoms with van der Waals surface area (Å²) in [6, 6.07) is 0. The Balaban J connectivity index is 2.86. The van der Waals surface area contributed by atoms with Crippen molar-refractivity contribution in [1.82, 2.24) is 0 Å². The summed E-state index contributed by atoms with van der Waals surface area (Å²) in [4.78, 5) is 10.6. The Labute approximate surface area is 58.7 Å². The van der Waals surface area contributed by atoms with Gasteiger partial charge in [0.05, 0.1) is 11.5 Å².